The van der Waals surface area contributed by atoms with Gasteiger partial charge in [0.2, 0.25) is 5.78 Å². The van der Waals surface area contributed by atoms with Crippen LogP contribution in [0.4, 0.5) is 0 Å². The summed E-state index contributed by atoms with van der Waals surface area (Å²) in [7, 11) is 0. The highest BCUT2D eigenvalue weighted by Crippen LogP contribution is 2.52. The van der Waals surface area contributed by atoms with Crippen LogP contribution >= 0.6 is 0 Å². The van der Waals surface area contributed by atoms with Crippen molar-refractivity contribution in [2.24, 2.45) is 23.3 Å². The van der Waals surface area contributed by atoms with Gasteiger partial charge in [0, 0.05) is 28.9 Å². The average molecular weight is 494 g/mol. The standard InChI is InChI=1S/C26H27N3O7/c1-9(2)11-7-15(29-8-11)12-3-4-16(30)18-13(12)5-10-6-14-20(27)22(32)19(25(28)35)24(34)26(14,36)23(33)17(10)21(18)31/h3-4,7-10,14,20,29-31,34,36H,5-6,27H2,1-2H3,(H2,28,35)/t10-,14-,20?,26-/m0/s1. The van der Waals surface area contributed by atoms with Crippen LogP contribution in [0.2, 0.25) is 0 Å². The second-order valence-corrected chi connectivity index (χ2v) is 10.1. The highest BCUT2D eigenvalue weighted by Gasteiger charge is 2.63. The lowest BCUT2D eigenvalue weighted by atomic mass is 9.57. The third kappa shape index (κ3) is 3.01. The number of primary amides is 1. The summed E-state index contributed by atoms with van der Waals surface area (Å²) in [5, 5.41) is 44.0. The van der Waals surface area contributed by atoms with Crippen LogP contribution in [0.15, 0.2) is 41.3 Å². The van der Waals surface area contributed by atoms with Gasteiger partial charge in [-0.2, -0.15) is 0 Å². The number of carbonyl (C=O) groups excluding carboxylic acids is 3. The molecule has 1 amide bonds. The van der Waals surface area contributed by atoms with Crippen molar-refractivity contribution in [1.29, 1.82) is 0 Å². The van der Waals surface area contributed by atoms with Crippen molar-refractivity contribution in [2.45, 2.75) is 44.2 Å². The van der Waals surface area contributed by atoms with E-state index in [1.54, 1.807) is 6.07 Å². The number of phenols is 1. The van der Waals surface area contributed by atoms with E-state index >= 15 is 0 Å². The molecular formula is C26H27N3O7. The second-order valence-electron chi connectivity index (χ2n) is 10.1. The Bertz CT molecular complexity index is 1420. The average Bonchev–Trinajstić information content (AvgIpc) is 3.30. The van der Waals surface area contributed by atoms with E-state index in [0.717, 1.165) is 16.8 Å². The fourth-order valence-electron chi connectivity index (χ4n) is 5.87. The van der Waals surface area contributed by atoms with Crippen LogP contribution in [0.5, 0.6) is 5.75 Å². The molecular weight excluding hydrogens is 466 g/mol. The predicted molar refractivity (Wildman–Crippen MR) is 129 cm³/mol. The molecule has 3 aliphatic carbocycles. The number of phenolic OH excluding ortho intramolecular Hbond substituents is 1. The first kappa shape index (κ1) is 23.8. The van der Waals surface area contributed by atoms with Crippen molar-refractivity contribution in [1.82, 2.24) is 4.98 Å². The molecule has 0 saturated heterocycles. The van der Waals surface area contributed by atoms with E-state index in [-0.39, 0.29) is 35.6 Å². The maximum Gasteiger partial charge on any atom is 0.255 e. The minimum Gasteiger partial charge on any atom is -0.508 e. The van der Waals surface area contributed by atoms with Crippen LogP contribution in [0, 0.1) is 11.8 Å². The summed E-state index contributed by atoms with van der Waals surface area (Å²) in [5.74, 6) is -6.97. The maximum absolute atomic E-state index is 13.6. The van der Waals surface area contributed by atoms with Crippen molar-refractivity contribution in [3.63, 3.8) is 0 Å². The van der Waals surface area contributed by atoms with Crippen molar-refractivity contribution in [2.75, 3.05) is 0 Å². The number of aromatic nitrogens is 1. The summed E-state index contributed by atoms with van der Waals surface area (Å²) in [6.45, 7) is 4.11. The second kappa shape index (κ2) is 7.81. The summed E-state index contributed by atoms with van der Waals surface area (Å²) in [4.78, 5) is 41.4. The number of aliphatic hydroxyl groups is 3. The highest BCUT2D eigenvalue weighted by molar-refractivity contribution is 6.24. The van der Waals surface area contributed by atoms with Gasteiger partial charge in [0.1, 0.15) is 22.8 Å². The number of nitrogens with two attached hydrogens (primary N) is 2. The smallest absolute Gasteiger partial charge is 0.255 e. The van der Waals surface area contributed by atoms with Gasteiger partial charge >= 0.3 is 0 Å². The van der Waals surface area contributed by atoms with Gasteiger partial charge in [-0.15, -0.1) is 0 Å². The lowest BCUT2D eigenvalue weighted by Gasteiger charge is -2.48. The number of fused-ring (bicyclic) bond motifs is 3. The van der Waals surface area contributed by atoms with E-state index in [4.69, 9.17) is 11.5 Å². The third-order valence-electron chi connectivity index (χ3n) is 7.80. The monoisotopic (exact) mass is 493 g/mol. The Kier molecular flexibility index (Phi) is 5.17. The van der Waals surface area contributed by atoms with E-state index in [0.29, 0.717) is 5.56 Å². The topological polar surface area (TPSA) is 200 Å². The van der Waals surface area contributed by atoms with Crippen molar-refractivity contribution < 1.29 is 34.8 Å². The molecule has 10 nitrogen and oxygen atoms in total. The molecule has 3 aliphatic rings. The number of aliphatic hydroxyl groups excluding tert-OH is 2. The first-order valence-corrected chi connectivity index (χ1v) is 11.7. The number of H-pyrrole nitrogens is 1. The van der Waals surface area contributed by atoms with Gasteiger partial charge in [-0.3, -0.25) is 14.4 Å². The molecule has 1 heterocycles. The number of nitrogens with one attached hydrogen (secondary N) is 1. The maximum atomic E-state index is 13.6. The lowest BCUT2D eigenvalue weighted by Crippen LogP contribution is -2.65. The summed E-state index contributed by atoms with van der Waals surface area (Å²) >= 11 is 0. The number of carbonyl (C=O) groups is 3. The van der Waals surface area contributed by atoms with Gasteiger partial charge in [-0.1, -0.05) is 13.8 Å². The molecule has 1 aromatic heterocycles. The largest absolute Gasteiger partial charge is 0.508 e. The molecule has 1 unspecified atom stereocenters. The number of aromatic amines is 1. The molecule has 10 heteroatoms. The zero-order valence-corrected chi connectivity index (χ0v) is 19.7. The van der Waals surface area contributed by atoms with Gasteiger partial charge in [0.25, 0.3) is 5.91 Å². The number of hydrogen-bond acceptors (Lipinski definition) is 8. The number of ketones is 2. The summed E-state index contributed by atoms with van der Waals surface area (Å²) in [6, 6.07) is 3.63. The van der Waals surface area contributed by atoms with Gasteiger partial charge in [0.15, 0.2) is 11.4 Å². The quantitative estimate of drug-likeness (QED) is 0.312. The van der Waals surface area contributed by atoms with Crippen molar-refractivity contribution in [3.8, 4) is 17.0 Å². The predicted octanol–water partition coefficient (Wildman–Crippen LogP) is 1.48. The Hall–Kier alpha value is -3.89. The molecule has 1 saturated carbocycles. The zero-order valence-electron chi connectivity index (χ0n) is 19.7. The Morgan fingerprint density at radius 3 is 2.50 bits per heavy atom. The minimum atomic E-state index is -2.71. The third-order valence-corrected chi connectivity index (χ3v) is 7.80. The number of rotatable bonds is 3. The van der Waals surface area contributed by atoms with E-state index in [1.807, 2.05) is 12.3 Å². The molecule has 0 radical (unpaired) electrons. The fraction of sp³-hybridized carbons (Fsp3) is 0.346. The van der Waals surface area contributed by atoms with Crippen LogP contribution < -0.4 is 11.5 Å². The molecule has 5 rings (SSSR count). The Morgan fingerprint density at radius 2 is 1.89 bits per heavy atom. The lowest BCUT2D eigenvalue weighted by molar-refractivity contribution is -0.149. The molecule has 36 heavy (non-hydrogen) atoms. The van der Waals surface area contributed by atoms with E-state index in [1.165, 1.54) is 6.07 Å². The van der Waals surface area contributed by atoms with Crippen LogP contribution in [0.3, 0.4) is 0 Å². The normalized spacial score (nSPS) is 27.8. The first-order valence-electron chi connectivity index (χ1n) is 11.7. The number of benzene rings is 1. The molecule has 4 atom stereocenters. The summed E-state index contributed by atoms with van der Waals surface area (Å²) < 4.78 is 0. The van der Waals surface area contributed by atoms with Gasteiger partial charge in [0.05, 0.1) is 11.6 Å². The van der Waals surface area contributed by atoms with Crippen molar-refractivity contribution in [3.05, 3.63) is 58.0 Å². The van der Waals surface area contributed by atoms with Crippen LogP contribution in [0.1, 0.15) is 42.9 Å². The Labute approximate surface area is 205 Å². The molecule has 1 aromatic carbocycles. The van der Waals surface area contributed by atoms with E-state index in [2.05, 4.69) is 18.8 Å². The van der Waals surface area contributed by atoms with Crippen LogP contribution in [-0.4, -0.2) is 54.5 Å². The molecule has 188 valence electrons. The van der Waals surface area contributed by atoms with Crippen LogP contribution in [-0.2, 0) is 20.8 Å². The van der Waals surface area contributed by atoms with Crippen LogP contribution in [0.25, 0.3) is 17.0 Å². The molecule has 9 N–H and O–H groups in total. The number of amides is 1. The zero-order chi connectivity index (χ0) is 26.3. The fourth-order valence-corrected chi connectivity index (χ4v) is 5.87. The SMILES string of the molecule is CC(C)c1c[nH]c(-c2ccc(O)c3c2C[C@H]2C[C@H]4C(N)C(=O)C(C(N)=O)=C(O)[C@@]4(O)C(=O)C2=C3O)c1. The molecule has 0 aliphatic heterocycles. The molecule has 2 aromatic rings. The Balaban J connectivity index is 1.70. The van der Waals surface area contributed by atoms with Gasteiger partial charge < -0.3 is 36.9 Å². The number of aromatic hydroxyl groups is 1. The van der Waals surface area contributed by atoms with Gasteiger partial charge in [-0.05, 0) is 54.0 Å². The Morgan fingerprint density at radius 1 is 1.19 bits per heavy atom. The van der Waals surface area contributed by atoms with Gasteiger partial charge in [-0.25, -0.2) is 0 Å². The summed E-state index contributed by atoms with van der Waals surface area (Å²) in [6.07, 6.45) is 2.04. The number of hydrogen-bond donors (Lipinski definition) is 7. The molecule has 0 bridgehead atoms. The first-order chi connectivity index (χ1) is 16.9. The minimum absolute atomic E-state index is 0.0405. The highest BCUT2D eigenvalue weighted by atomic mass is 16.3. The van der Waals surface area contributed by atoms with Crippen molar-refractivity contribution >= 4 is 23.2 Å². The molecule has 0 spiro atoms. The summed E-state index contributed by atoms with van der Waals surface area (Å²) in [5.41, 5.74) is 10.6. The number of Topliss-reactive ketones (excluding diaryl/α,β-unsaturated/α-hetero) is 2. The molecule has 1 fully saturated rings. The van der Waals surface area contributed by atoms with E-state index in [9.17, 15) is 34.8 Å². The van der Waals surface area contributed by atoms with E-state index < -0.39 is 58.0 Å².